The van der Waals surface area contributed by atoms with E-state index < -0.39 is 0 Å². The van der Waals surface area contributed by atoms with E-state index in [1.54, 1.807) is 23.6 Å². The SMILES string of the molecule is CCN(CC(=O)Nc1sccc1C#N)Cc1nc2cc(OC)c(OC)cc2c(=O)[nH]1. The Morgan fingerprint density at radius 2 is 2.07 bits per heavy atom. The molecule has 2 N–H and O–H groups in total. The van der Waals surface area contributed by atoms with Gasteiger partial charge in [0, 0.05) is 6.07 Å². The van der Waals surface area contributed by atoms with Crippen molar-refractivity contribution >= 4 is 33.1 Å². The first-order valence-electron chi connectivity index (χ1n) is 9.13. The molecule has 0 spiro atoms. The number of carbonyl (C=O) groups is 1. The third-order valence-electron chi connectivity index (χ3n) is 4.49. The molecule has 3 rings (SSSR count). The topological polar surface area (TPSA) is 120 Å². The molecule has 0 aliphatic heterocycles. The number of ether oxygens (including phenoxy) is 2. The number of rotatable bonds is 8. The Labute approximate surface area is 176 Å². The van der Waals surface area contributed by atoms with Crippen LogP contribution in [0.4, 0.5) is 5.00 Å². The van der Waals surface area contributed by atoms with Gasteiger partial charge in [-0.2, -0.15) is 5.26 Å². The molecule has 10 heteroatoms. The zero-order valence-corrected chi connectivity index (χ0v) is 17.6. The van der Waals surface area contributed by atoms with Crippen LogP contribution in [-0.4, -0.2) is 48.1 Å². The fraction of sp³-hybridized carbons (Fsp3) is 0.300. The maximum atomic E-state index is 12.5. The van der Waals surface area contributed by atoms with Crippen LogP contribution in [0.15, 0.2) is 28.4 Å². The van der Waals surface area contributed by atoms with Gasteiger partial charge in [0.25, 0.3) is 5.56 Å². The Balaban J connectivity index is 1.78. The first-order chi connectivity index (χ1) is 14.5. The molecule has 0 radical (unpaired) electrons. The summed E-state index contributed by atoms with van der Waals surface area (Å²) in [5.74, 6) is 1.11. The number of benzene rings is 1. The number of nitrogens with zero attached hydrogens (tertiary/aromatic N) is 3. The van der Waals surface area contributed by atoms with Crippen LogP contribution in [0.5, 0.6) is 11.5 Å². The Morgan fingerprint density at radius 3 is 2.73 bits per heavy atom. The molecular weight excluding hydrogens is 406 g/mol. The summed E-state index contributed by atoms with van der Waals surface area (Å²) in [5.41, 5.74) is 0.610. The molecule has 30 heavy (non-hydrogen) atoms. The molecule has 2 aromatic heterocycles. The number of nitriles is 1. The van der Waals surface area contributed by atoms with E-state index in [2.05, 4.69) is 15.3 Å². The maximum Gasteiger partial charge on any atom is 0.258 e. The van der Waals surface area contributed by atoms with Crippen molar-refractivity contribution in [3.8, 4) is 17.6 Å². The predicted molar refractivity (Wildman–Crippen MR) is 114 cm³/mol. The van der Waals surface area contributed by atoms with Crippen LogP contribution in [0.1, 0.15) is 18.3 Å². The average Bonchev–Trinajstić information content (AvgIpc) is 3.19. The Morgan fingerprint density at radius 1 is 1.33 bits per heavy atom. The van der Waals surface area contributed by atoms with E-state index in [0.717, 1.165) is 0 Å². The summed E-state index contributed by atoms with van der Waals surface area (Å²) in [6, 6.07) is 6.93. The van der Waals surface area contributed by atoms with Crippen molar-refractivity contribution in [1.29, 1.82) is 5.26 Å². The average molecular weight is 427 g/mol. The summed E-state index contributed by atoms with van der Waals surface area (Å²) in [6.45, 7) is 2.84. The van der Waals surface area contributed by atoms with Crippen molar-refractivity contribution in [2.45, 2.75) is 13.5 Å². The third kappa shape index (κ3) is 4.59. The normalized spacial score (nSPS) is 10.8. The van der Waals surface area contributed by atoms with Gasteiger partial charge < -0.3 is 19.8 Å². The minimum absolute atomic E-state index is 0.0902. The van der Waals surface area contributed by atoms with Gasteiger partial charge in [-0.3, -0.25) is 14.5 Å². The van der Waals surface area contributed by atoms with E-state index in [-0.39, 0.29) is 24.6 Å². The lowest BCUT2D eigenvalue weighted by atomic mass is 10.2. The van der Waals surface area contributed by atoms with Gasteiger partial charge in [-0.1, -0.05) is 6.92 Å². The van der Waals surface area contributed by atoms with Crippen LogP contribution in [0.3, 0.4) is 0 Å². The van der Waals surface area contributed by atoms with E-state index >= 15 is 0 Å². The van der Waals surface area contributed by atoms with E-state index in [1.807, 2.05) is 17.9 Å². The molecule has 0 unspecified atom stereocenters. The molecule has 0 saturated carbocycles. The number of anilines is 1. The van der Waals surface area contributed by atoms with Crippen molar-refractivity contribution in [3.63, 3.8) is 0 Å². The van der Waals surface area contributed by atoms with Crippen LogP contribution in [0.2, 0.25) is 0 Å². The molecule has 0 aliphatic rings. The molecule has 0 saturated heterocycles. The number of aromatic nitrogens is 2. The van der Waals surface area contributed by atoms with Crippen molar-refractivity contribution in [2.24, 2.45) is 0 Å². The van der Waals surface area contributed by atoms with E-state index in [9.17, 15) is 9.59 Å². The number of likely N-dealkylation sites (N-methyl/N-ethyl adjacent to an activating group) is 1. The number of nitrogens with one attached hydrogen (secondary N) is 2. The number of fused-ring (bicyclic) bond motifs is 1. The van der Waals surface area contributed by atoms with E-state index in [4.69, 9.17) is 14.7 Å². The summed E-state index contributed by atoms with van der Waals surface area (Å²) in [6.07, 6.45) is 0. The van der Waals surface area contributed by atoms with Gasteiger partial charge in [0.15, 0.2) is 11.5 Å². The van der Waals surface area contributed by atoms with E-state index in [0.29, 0.717) is 45.3 Å². The molecule has 9 nitrogen and oxygen atoms in total. The van der Waals surface area contributed by atoms with Crippen LogP contribution in [-0.2, 0) is 11.3 Å². The highest BCUT2D eigenvalue weighted by Gasteiger charge is 2.15. The second kappa shape index (κ2) is 9.39. The van der Waals surface area contributed by atoms with Crippen molar-refractivity contribution in [2.75, 3.05) is 32.6 Å². The first-order valence-corrected chi connectivity index (χ1v) is 10.0. The summed E-state index contributed by atoms with van der Waals surface area (Å²) < 4.78 is 10.5. The Hall–Kier alpha value is -3.42. The molecule has 0 fully saturated rings. The fourth-order valence-corrected chi connectivity index (χ4v) is 3.70. The predicted octanol–water partition coefficient (Wildman–Crippen LogP) is 2.33. The van der Waals surface area contributed by atoms with Gasteiger partial charge in [0.1, 0.15) is 16.9 Å². The second-order valence-corrected chi connectivity index (χ2v) is 7.28. The lowest BCUT2D eigenvalue weighted by molar-refractivity contribution is -0.117. The van der Waals surface area contributed by atoms with Gasteiger partial charge in [0.05, 0.1) is 43.8 Å². The lowest BCUT2D eigenvalue weighted by Gasteiger charge is -2.19. The van der Waals surface area contributed by atoms with Crippen molar-refractivity contribution < 1.29 is 14.3 Å². The third-order valence-corrected chi connectivity index (χ3v) is 5.32. The molecule has 156 valence electrons. The Kier molecular flexibility index (Phi) is 6.66. The lowest BCUT2D eigenvalue weighted by Crippen LogP contribution is -2.33. The van der Waals surface area contributed by atoms with Crippen LogP contribution in [0, 0.1) is 11.3 Å². The molecule has 1 aromatic carbocycles. The molecule has 0 aliphatic carbocycles. The second-order valence-electron chi connectivity index (χ2n) is 6.36. The van der Waals surface area contributed by atoms with Gasteiger partial charge in [-0.05, 0) is 24.1 Å². The first kappa shape index (κ1) is 21.3. The number of aromatic amines is 1. The molecule has 3 aromatic rings. The van der Waals surface area contributed by atoms with E-state index in [1.165, 1.54) is 25.6 Å². The standard InChI is InChI=1S/C20H21N5O4S/c1-4-25(11-18(26)24-20-12(9-21)5-6-30-20)10-17-22-14-8-16(29-3)15(28-2)7-13(14)19(27)23-17/h5-8H,4,10-11H2,1-3H3,(H,24,26)(H,22,23,27). The van der Waals surface area contributed by atoms with Gasteiger partial charge in [0.2, 0.25) is 5.91 Å². The van der Waals surface area contributed by atoms with Crippen molar-refractivity contribution in [3.05, 3.63) is 45.3 Å². The van der Waals surface area contributed by atoms with Crippen LogP contribution in [0.25, 0.3) is 10.9 Å². The highest BCUT2D eigenvalue weighted by atomic mass is 32.1. The van der Waals surface area contributed by atoms with Crippen molar-refractivity contribution in [1.82, 2.24) is 14.9 Å². The Bertz CT molecular complexity index is 1160. The van der Waals surface area contributed by atoms with Gasteiger partial charge in [-0.15, -0.1) is 11.3 Å². The highest BCUT2D eigenvalue weighted by Crippen LogP contribution is 2.30. The maximum absolute atomic E-state index is 12.5. The minimum atomic E-state index is -0.297. The summed E-state index contributed by atoms with van der Waals surface area (Å²) >= 11 is 1.30. The number of H-pyrrole nitrogens is 1. The number of amides is 1. The van der Waals surface area contributed by atoms with Crippen LogP contribution >= 0.6 is 11.3 Å². The number of hydrogen-bond acceptors (Lipinski definition) is 8. The highest BCUT2D eigenvalue weighted by molar-refractivity contribution is 7.14. The molecule has 0 bridgehead atoms. The zero-order chi connectivity index (χ0) is 21.7. The zero-order valence-electron chi connectivity index (χ0n) is 16.8. The number of thiophene rings is 1. The number of hydrogen-bond donors (Lipinski definition) is 2. The molecule has 0 atom stereocenters. The molecular formula is C20H21N5O4S. The summed E-state index contributed by atoms with van der Waals surface area (Å²) in [5, 5.41) is 14.5. The molecule has 1 amide bonds. The van der Waals surface area contributed by atoms with Gasteiger partial charge >= 0.3 is 0 Å². The smallest absolute Gasteiger partial charge is 0.258 e. The van der Waals surface area contributed by atoms with Gasteiger partial charge in [-0.25, -0.2) is 4.98 Å². The number of methoxy groups -OCH3 is 2. The largest absolute Gasteiger partial charge is 0.493 e. The monoisotopic (exact) mass is 427 g/mol. The number of carbonyl (C=O) groups excluding carboxylic acids is 1. The minimum Gasteiger partial charge on any atom is -0.493 e. The summed E-state index contributed by atoms with van der Waals surface area (Å²) in [7, 11) is 3.01. The fourth-order valence-electron chi connectivity index (χ4n) is 2.94. The molecule has 2 heterocycles. The quantitative estimate of drug-likeness (QED) is 0.566. The summed E-state index contributed by atoms with van der Waals surface area (Å²) in [4.78, 5) is 34.0. The van der Waals surface area contributed by atoms with Crippen LogP contribution < -0.4 is 20.3 Å².